The number of benzene rings is 3. The number of hydrogen-bond donors (Lipinski definition) is 3. The van der Waals surface area contributed by atoms with Crippen LogP contribution in [0, 0.1) is 0 Å². The van der Waals surface area contributed by atoms with Gasteiger partial charge in [0.15, 0.2) is 0 Å². The predicted molar refractivity (Wildman–Crippen MR) is 110 cm³/mol. The third-order valence-corrected chi connectivity index (χ3v) is 4.45. The Morgan fingerprint density at radius 2 is 1.45 bits per heavy atom. The molecule has 0 fully saturated rings. The van der Waals surface area contributed by atoms with Crippen LogP contribution < -0.4 is 10.6 Å². The zero-order valence-electron chi connectivity index (χ0n) is 15.8. The monoisotopic (exact) mass is 388 g/mol. The van der Waals surface area contributed by atoms with Gasteiger partial charge in [0.1, 0.15) is 0 Å². The molecule has 0 unspecified atom stereocenters. The van der Waals surface area contributed by atoms with Gasteiger partial charge in [-0.05, 0) is 47.9 Å². The summed E-state index contributed by atoms with van der Waals surface area (Å²) in [7, 11) is 1.41. The van der Waals surface area contributed by atoms with Crippen molar-refractivity contribution in [3.63, 3.8) is 0 Å². The van der Waals surface area contributed by atoms with Gasteiger partial charge in [-0.3, -0.25) is 9.59 Å². The minimum atomic E-state index is -1.27. The van der Waals surface area contributed by atoms with E-state index >= 15 is 0 Å². The van der Waals surface area contributed by atoms with Crippen LogP contribution in [0.2, 0.25) is 0 Å². The quantitative estimate of drug-likeness (QED) is 0.601. The zero-order chi connectivity index (χ0) is 20.8. The smallest absolute Gasteiger partial charge is 0.336 e. The Labute approximate surface area is 168 Å². The highest BCUT2D eigenvalue weighted by molar-refractivity contribution is 6.09. The number of rotatable bonds is 6. The lowest BCUT2D eigenvalue weighted by molar-refractivity contribution is 0.0691. The van der Waals surface area contributed by atoms with Gasteiger partial charge in [-0.25, -0.2) is 4.79 Å². The molecule has 0 saturated heterocycles. The number of aromatic carboxylic acids is 1. The summed E-state index contributed by atoms with van der Waals surface area (Å²) in [5, 5.41) is 14.5. The van der Waals surface area contributed by atoms with Crippen LogP contribution in [-0.2, 0) is 6.42 Å². The molecule has 3 aromatic carbocycles. The lowest BCUT2D eigenvalue weighted by Gasteiger charge is -2.09. The molecular formula is C23H20N2O4. The van der Waals surface area contributed by atoms with E-state index in [2.05, 4.69) is 22.8 Å². The molecule has 0 bridgehead atoms. The summed E-state index contributed by atoms with van der Waals surface area (Å²) in [5.41, 5.74) is 2.83. The molecule has 0 aliphatic rings. The average Bonchev–Trinajstić information content (AvgIpc) is 2.74. The van der Waals surface area contributed by atoms with Crippen molar-refractivity contribution in [3.8, 4) is 0 Å². The topological polar surface area (TPSA) is 95.5 Å². The average molecular weight is 388 g/mol. The summed E-state index contributed by atoms with van der Waals surface area (Å²) in [6, 6.07) is 21.5. The highest BCUT2D eigenvalue weighted by atomic mass is 16.4. The lowest BCUT2D eigenvalue weighted by atomic mass is 10.0. The van der Waals surface area contributed by atoms with Crippen molar-refractivity contribution >= 4 is 23.5 Å². The van der Waals surface area contributed by atoms with Gasteiger partial charge >= 0.3 is 5.97 Å². The second-order valence-electron chi connectivity index (χ2n) is 6.46. The van der Waals surface area contributed by atoms with Crippen molar-refractivity contribution in [3.05, 3.63) is 101 Å². The van der Waals surface area contributed by atoms with Gasteiger partial charge in [0.2, 0.25) is 0 Å². The van der Waals surface area contributed by atoms with E-state index in [0.717, 1.165) is 12.0 Å². The molecule has 0 radical (unpaired) electrons. The summed E-state index contributed by atoms with van der Waals surface area (Å²) in [6.07, 6.45) is 0.790. The van der Waals surface area contributed by atoms with Gasteiger partial charge in [0.25, 0.3) is 11.8 Å². The van der Waals surface area contributed by atoms with Gasteiger partial charge in [-0.2, -0.15) is 0 Å². The molecule has 0 aliphatic heterocycles. The van der Waals surface area contributed by atoms with Crippen LogP contribution >= 0.6 is 0 Å². The first-order chi connectivity index (χ1) is 14.0. The molecule has 0 aliphatic carbocycles. The fourth-order valence-corrected chi connectivity index (χ4v) is 2.94. The Hall–Kier alpha value is -3.93. The molecule has 0 aromatic heterocycles. The number of amides is 2. The standard InChI is InChI=1S/C23H20N2O4/c1-24-22(27)19-12-9-17(14-20(19)23(28)29)21(26)25-18-10-7-16(8-11-18)13-15-5-3-2-4-6-15/h2-12,14H,13H2,1H3,(H,24,27)(H,25,26)(H,28,29). The Balaban J connectivity index is 1.73. The van der Waals surface area contributed by atoms with Gasteiger partial charge in [0.05, 0.1) is 11.1 Å². The van der Waals surface area contributed by atoms with Crippen LogP contribution in [0.1, 0.15) is 42.2 Å². The molecule has 29 heavy (non-hydrogen) atoms. The molecule has 2 amide bonds. The summed E-state index contributed by atoms with van der Waals surface area (Å²) in [5.74, 6) is -2.25. The van der Waals surface area contributed by atoms with Crippen molar-refractivity contribution in [2.75, 3.05) is 12.4 Å². The molecule has 146 valence electrons. The lowest BCUT2D eigenvalue weighted by Crippen LogP contribution is -2.22. The molecule has 0 spiro atoms. The normalized spacial score (nSPS) is 10.2. The summed E-state index contributed by atoms with van der Waals surface area (Å²) in [4.78, 5) is 35.8. The molecule has 0 atom stereocenters. The zero-order valence-corrected chi connectivity index (χ0v) is 15.8. The maximum Gasteiger partial charge on any atom is 0.336 e. The van der Waals surface area contributed by atoms with E-state index in [1.54, 1.807) is 12.1 Å². The molecule has 3 rings (SSSR count). The molecule has 0 heterocycles. The van der Waals surface area contributed by atoms with E-state index in [1.165, 1.54) is 30.8 Å². The first kappa shape index (κ1) is 19.8. The second kappa shape index (κ2) is 8.84. The first-order valence-corrected chi connectivity index (χ1v) is 9.01. The van der Waals surface area contributed by atoms with Crippen molar-refractivity contribution in [1.82, 2.24) is 5.32 Å². The number of anilines is 1. The Kier molecular flexibility index (Phi) is 6.04. The van der Waals surface area contributed by atoms with E-state index in [0.29, 0.717) is 5.69 Å². The van der Waals surface area contributed by atoms with Crippen LogP contribution in [0.3, 0.4) is 0 Å². The summed E-state index contributed by atoms with van der Waals surface area (Å²) >= 11 is 0. The second-order valence-corrected chi connectivity index (χ2v) is 6.46. The van der Waals surface area contributed by atoms with Crippen molar-refractivity contribution in [1.29, 1.82) is 0 Å². The fraction of sp³-hybridized carbons (Fsp3) is 0.0870. The van der Waals surface area contributed by atoms with E-state index in [9.17, 15) is 19.5 Å². The van der Waals surface area contributed by atoms with E-state index in [-0.39, 0.29) is 16.7 Å². The predicted octanol–water partition coefficient (Wildman–Crippen LogP) is 3.59. The van der Waals surface area contributed by atoms with Crippen LogP contribution in [0.25, 0.3) is 0 Å². The minimum Gasteiger partial charge on any atom is -0.478 e. The van der Waals surface area contributed by atoms with E-state index in [1.807, 2.05) is 30.3 Å². The molecule has 6 nitrogen and oxygen atoms in total. The highest BCUT2D eigenvalue weighted by Gasteiger charge is 2.18. The largest absolute Gasteiger partial charge is 0.478 e. The Bertz CT molecular complexity index is 1040. The Morgan fingerprint density at radius 3 is 2.07 bits per heavy atom. The number of nitrogens with one attached hydrogen (secondary N) is 2. The van der Waals surface area contributed by atoms with Gasteiger partial charge in [0, 0.05) is 18.3 Å². The SMILES string of the molecule is CNC(=O)c1ccc(C(=O)Nc2ccc(Cc3ccccc3)cc2)cc1C(=O)O. The van der Waals surface area contributed by atoms with Crippen LogP contribution in [0.15, 0.2) is 72.8 Å². The first-order valence-electron chi connectivity index (χ1n) is 9.01. The van der Waals surface area contributed by atoms with E-state index < -0.39 is 17.8 Å². The van der Waals surface area contributed by atoms with Crippen LogP contribution in [-0.4, -0.2) is 29.9 Å². The number of carbonyl (C=O) groups is 3. The minimum absolute atomic E-state index is 0.00168. The number of carboxylic acid groups (broad SMARTS) is 1. The molecule has 3 aromatic rings. The maximum absolute atomic E-state index is 12.5. The van der Waals surface area contributed by atoms with Gasteiger partial charge in [-0.1, -0.05) is 42.5 Å². The van der Waals surface area contributed by atoms with Crippen molar-refractivity contribution in [2.24, 2.45) is 0 Å². The van der Waals surface area contributed by atoms with Crippen molar-refractivity contribution < 1.29 is 19.5 Å². The highest BCUT2D eigenvalue weighted by Crippen LogP contribution is 2.17. The molecule has 0 saturated carbocycles. The molecular weight excluding hydrogens is 368 g/mol. The Morgan fingerprint density at radius 1 is 0.793 bits per heavy atom. The van der Waals surface area contributed by atoms with Gasteiger partial charge < -0.3 is 15.7 Å². The maximum atomic E-state index is 12.5. The number of carboxylic acids is 1. The number of carbonyl (C=O) groups excluding carboxylic acids is 2. The molecule has 6 heteroatoms. The van der Waals surface area contributed by atoms with Crippen LogP contribution in [0.4, 0.5) is 5.69 Å². The summed E-state index contributed by atoms with van der Waals surface area (Å²) in [6.45, 7) is 0. The van der Waals surface area contributed by atoms with Crippen molar-refractivity contribution in [2.45, 2.75) is 6.42 Å². The van der Waals surface area contributed by atoms with E-state index in [4.69, 9.17) is 0 Å². The summed E-state index contributed by atoms with van der Waals surface area (Å²) < 4.78 is 0. The number of hydrogen-bond acceptors (Lipinski definition) is 3. The third-order valence-electron chi connectivity index (χ3n) is 4.45. The third kappa shape index (κ3) is 4.87. The fourth-order valence-electron chi connectivity index (χ4n) is 2.94. The molecule has 3 N–H and O–H groups in total. The van der Waals surface area contributed by atoms with Crippen LogP contribution in [0.5, 0.6) is 0 Å². The van der Waals surface area contributed by atoms with Gasteiger partial charge in [-0.15, -0.1) is 0 Å².